The number of pyridine rings is 1. The van der Waals surface area contributed by atoms with Crippen LogP contribution in [0.1, 0.15) is 34.8 Å². The quantitative estimate of drug-likeness (QED) is 0.827. The van der Waals surface area contributed by atoms with Gasteiger partial charge in [-0.3, -0.25) is 4.79 Å². The monoisotopic (exact) mass is 360 g/mol. The number of benzene rings is 1. The third-order valence-electron chi connectivity index (χ3n) is 4.64. The van der Waals surface area contributed by atoms with Crippen LogP contribution in [0.5, 0.6) is 11.6 Å². The van der Waals surface area contributed by atoms with Crippen LogP contribution >= 0.6 is 0 Å². The molecule has 1 heterocycles. The van der Waals surface area contributed by atoms with E-state index in [1.54, 1.807) is 12.3 Å². The number of aromatic nitrogens is 1. The first-order valence-corrected chi connectivity index (χ1v) is 8.34. The van der Waals surface area contributed by atoms with Crippen LogP contribution in [-0.4, -0.2) is 36.3 Å². The molecule has 0 bridgehead atoms. The molecule has 1 amide bonds. The van der Waals surface area contributed by atoms with Crippen molar-refractivity contribution in [1.29, 1.82) is 0 Å². The zero-order chi connectivity index (χ0) is 18.7. The number of aliphatic hydroxyl groups excluding tert-OH is 1. The van der Waals surface area contributed by atoms with Crippen LogP contribution in [0.4, 0.5) is 4.39 Å². The highest BCUT2D eigenvalue weighted by Gasteiger charge is 2.36. The van der Waals surface area contributed by atoms with Gasteiger partial charge >= 0.3 is 0 Å². The number of nitrogens with one attached hydrogen (secondary N) is 1. The predicted molar refractivity (Wildman–Crippen MR) is 92.7 cm³/mol. The van der Waals surface area contributed by atoms with Crippen LogP contribution in [0.3, 0.4) is 0 Å². The van der Waals surface area contributed by atoms with Crippen molar-refractivity contribution in [2.45, 2.75) is 25.0 Å². The van der Waals surface area contributed by atoms with Gasteiger partial charge in [-0.1, -0.05) is 6.07 Å². The van der Waals surface area contributed by atoms with Crippen LogP contribution in [0.2, 0.25) is 0 Å². The molecule has 1 fully saturated rings. The normalized spacial score (nSPS) is 20.0. The highest BCUT2D eigenvalue weighted by Crippen LogP contribution is 2.38. The molecule has 7 heteroatoms. The highest BCUT2D eigenvalue weighted by atomic mass is 19.1. The number of halogens is 1. The fourth-order valence-corrected chi connectivity index (χ4v) is 3.15. The lowest BCUT2D eigenvalue weighted by molar-refractivity contribution is 0.0234. The molecule has 0 radical (unpaired) electrons. The van der Waals surface area contributed by atoms with Crippen molar-refractivity contribution < 1.29 is 23.8 Å². The molecule has 1 atom stereocenters. The molecule has 1 aliphatic carbocycles. The SMILES string of the molecule is COc1ccc([C@@H](NC(=O)c2cc(F)ccc2OC)C2CC(O)C2)cn1. The Morgan fingerprint density at radius 2 is 2.04 bits per heavy atom. The number of hydrogen-bond donors (Lipinski definition) is 2. The molecule has 1 aromatic heterocycles. The Kier molecular flexibility index (Phi) is 5.37. The summed E-state index contributed by atoms with van der Waals surface area (Å²) in [5, 5.41) is 12.6. The first-order chi connectivity index (χ1) is 12.5. The summed E-state index contributed by atoms with van der Waals surface area (Å²) < 4.78 is 23.8. The number of carbonyl (C=O) groups is 1. The largest absolute Gasteiger partial charge is 0.496 e. The van der Waals surface area contributed by atoms with Crippen LogP contribution in [0.25, 0.3) is 0 Å². The van der Waals surface area contributed by atoms with Gasteiger partial charge < -0.3 is 19.9 Å². The molecular weight excluding hydrogens is 339 g/mol. The number of methoxy groups -OCH3 is 2. The Bertz CT molecular complexity index is 776. The van der Waals surface area contributed by atoms with E-state index in [2.05, 4.69) is 10.3 Å². The van der Waals surface area contributed by atoms with E-state index in [9.17, 15) is 14.3 Å². The fourth-order valence-electron chi connectivity index (χ4n) is 3.15. The molecule has 1 aromatic carbocycles. The van der Waals surface area contributed by atoms with Crippen molar-refractivity contribution in [3.8, 4) is 11.6 Å². The standard InChI is InChI=1S/C19H21FN2O4/c1-25-16-5-4-13(20)9-15(16)19(24)22-18(12-7-14(23)8-12)11-3-6-17(26-2)21-10-11/h3-6,9-10,12,14,18,23H,7-8H2,1-2H3,(H,22,24)/t12?,14?,18-/m1/s1. The summed E-state index contributed by atoms with van der Waals surface area (Å²) in [5.41, 5.74) is 0.922. The van der Waals surface area contributed by atoms with Gasteiger partial charge in [0.1, 0.15) is 11.6 Å². The van der Waals surface area contributed by atoms with Gasteiger partial charge in [-0.15, -0.1) is 0 Å². The summed E-state index contributed by atoms with van der Waals surface area (Å²) in [5.74, 6) is -0.117. The average Bonchev–Trinajstić information content (AvgIpc) is 2.63. The molecule has 0 aliphatic heterocycles. The number of carbonyl (C=O) groups excluding carboxylic acids is 1. The third-order valence-corrected chi connectivity index (χ3v) is 4.64. The van der Waals surface area contributed by atoms with Gasteiger partial charge in [0.05, 0.1) is 31.9 Å². The van der Waals surface area contributed by atoms with E-state index >= 15 is 0 Å². The molecule has 2 aromatic rings. The summed E-state index contributed by atoms with van der Waals surface area (Å²) in [6.45, 7) is 0. The smallest absolute Gasteiger partial charge is 0.255 e. The second kappa shape index (κ2) is 7.70. The van der Waals surface area contributed by atoms with Gasteiger partial charge in [-0.25, -0.2) is 9.37 Å². The number of aliphatic hydroxyl groups is 1. The van der Waals surface area contributed by atoms with Crippen LogP contribution in [0.15, 0.2) is 36.5 Å². The first kappa shape index (κ1) is 18.1. The minimum absolute atomic E-state index is 0.0729. The Labute approximate surface area is 151 Å². The van der Waals surface area contributed by atoms with E-state index in [0.717, 1.165) is 11.6 Å². The second-order valence-electron chi connectivity index (χ2n) is 6.31. The van der Waals surface area contributed by atoms with E-state index in [-0.39, 0.29) is 23.6 Å². The van der Waals surface area contributed by atoms with Crippen LogP contribution < -0.4 is 14.8 Å². The Morgan fingerprint density at radius 3 is 2.62 bits per heavy atom. The van der Waals surface area contributed by atoms with E-state index in [1.165, 1.54) is 26.4 Å². The van der Waals surface area contributed by atoms with E-state index in [0.29, 0.717) is 24.5 Å². The van der Waals surface area contributed by atoms with Crippen molar-refractivity contribution >= 4 is 5.91 Å². The Balaban J connectivity index is 1.85. The molecule has 2 N–H and O–H groups in total. The fraction of sp³-hybridized carbons (Fsp3) is 0.368. The number of amides is 1. The van der Waals surface area contributed by atoms with Crippen molar-refractivity contribution in [2.75, 3.05) is 14.2 Å². The maximum Gasteiger partial charge on any atom is 0.255 e. The van der Waals surface area contributed by atoms with Gasteiger partial charge in [0, 0.05) is 12.3 Å². The van der Waals surface area contributed by atoms with E-state index in [1.807, 2.05) is 6.07 Å². The maximum atomic E-state index is 13.6. The minimum Gasteiger partial charge on any atom is -0.496 e. The summed E-state index contributed by atoms with van der Waals surface area (Å²) in [4.78, 5) is 16.9. The molecule has 6 nitrogen and oxygen atoms in total. The Hall–Kier alpha value is -2.67. The van der Waals surface area contributed by atoms with Gasteiger partial charge in [0.15, 0.2) is 0 Å². The lowest BCUT2D eigenvalue weighted by Gasteiger charge is -2.38. The van der Waals surface area contributed by atoms with E-state index < -0.39 is 11.7 Å². The molecule has 138 valence electrons. The minimum atomic E-state index is -0.516. The zero-order valence-electron chi connectivity index (χ0n) is 14.6. The zero-order valence-corrected chi connectivity index (χ0v) is 14.6. The van der Waals surface area contributed by atoms with Gasteiger partial charge in [0.2, 0.25) is 5.88 Å². The summed E-state index contributed by atoms with van der Waals surface area (Å²) in [6, 6.07) is 6.99. The van der Waals surface area contributed by atoms with Crippen molar-refractivity contribution in [3.05, 3.63) is 53.5 Å². The van der Waals surface area contributed by atoms with Crippen molar-refractivity contribution in [2.24, 2.45) is 5.92 Å². The molecule has 26 heavy (non-hydrogen) atoms. The molecule has 3 rings (SSSR count). The highest BCUT2D eigenvalue weighted by molar-refractivity contribution is 5.97. The number of nitrogens with zero attached hydrogens (tertiary/aromatic N) is 1. The second-order valence-corrected chi connectivity index (χ2v) is 6.31. The maximum absolute atomic E-state index is 13.6. The topological polar surface area (TPSA) is 80.7 Å². The van der Waals surface area contributed by atoms with Crippen molar-refractivity contribution in [1.82, 2.24) is 10.3 Å². The van der Waals surface area contributed by atoms with Crippen LogP contribution in [-0.2, 0) is 0 Å². The number of rotatable bonds is 6. The summed E-state index contributed by atoms with van der Waals surface area (Å²) in [7, 11) is 2.96. The molecular formula is C19H21FN2O4. The van der Waals surface area contributed by atoms with Gasteiger partial charge in [-0.05, 0) is 42.5 Å². The average molecular weight is 360 g/mol. The molecule has 0 unspecified atom stereocenters. The Morgan fingerprint density at radius 1 is 1.27 bits per heavy atom. The lowest BCUT2D eigenvalue weighted by atomic mass is 9.75. The third kappa shape index (κ3) is 3.77. The first-order valence-electron chi connectivity index (χ1n) is 8.34. The van der Waals surface area contributed by atoms with Crippen molar-refractivity contribution in [3.63, 3.8) is 0 Å². The number of hydrogen-bond acceptors (Lipinski definition) is 5. The van der Waals surface area contributed by atoms with Gasteiger partial charge in [0.25, 0.3) is 5.91 Å². The predicted octanol–water partition coefficient (Wildman–Crippen LogP) is 2.48. The summed E-state index contributed by atoms with van der Waals surface area (Å²) >= 11 is 0. The van der Waals surface area contributed by atoms with Gasteiger partial charge in [-0.2, -0.15) is 0 Å². The van der Waals surface area contributed by atoms with E-state index in [4.69, 9.17) is 9.47 Å². The van der Waals surface area contributed by atoms with Crippen LogP contribution in [0, 0.1) is 11.7 Å². The molecule has 0 saturated heterocycles. The summed E-state index contributed by atoms with van der Waals surface area (Å²) in [6.07, 6.45) is 2.43. The lowest BCUT2D eigenvalue weighted by Crippen LogP contribution is -2.41. The molecule has 1 aliphatic rings. The number of ether oxygens (including phenoxy) is 2. The molecule has 1 saturated carbocycles. The molecule has 0 spiro atoms.